The molecule has 6 heteroatoms. The molecule has 0 amide bonds. The van der Waals surface area contributed by atoms with Gasteiger partial charge in [0.05, 0.1) is 15.0 Å². The standard InChI is InChI=1S/C14H7Br2ClN2S/c15-9-6-10(20-7-9)14-18-12(11(16)13(17)19-14)8-4-2-1-3-5-8/h1-7H. The normalized spacial score (nSPS) is 10.8. The quantitative estimate of drug-likeness (QED) is 0.463. The summed E-state index contributed by atoms with van der Waals surface area (Å²) in [5.41, 5.74) is 1.80. The van der Waals surface area contributed by atoms with Gasteiger partial charge >= 0.3 is 0 Å². The van der Waals surface area contributed by atoms with E-state index in [0.717, 1.165) is 20.6 Å². The monoisotopic (exact) mass is 428 g/mol. The van der Waals surface area contributed by atoms with Crippen molar-refractivity contribution in [1.82, 2.24) is 9.97 Å². The molecule has 100 valence electrons. The first-order valence-electron chi connectivity index (χ1n) is 5.68. The number of aromatic nitrogens is 2. The molecule has 3 aromatic rings. The van der Waals surface area contributed by atoms with E-state index in [1.54, 1.807) is 11.3 Å². The molecule has 0 aliphatic heterocycles. The van der Waals surface area contributed by atoms with Crippen LogP contribution in [-0.2, 0) is 0 Å². The van der Waals surface area contributed by atoms with E-state index < -0.39 is 0 Å². The van der Waals surface area contributed by atoms with Crippen molar-refractivity contribution < 1.29 is 0 Å². The van der Waals surface area contributed by atoms with E-state index in [9.17, 15) is 0 Å². The molecule has 3 rings (SSSR count). The third-order valence-corrected chi connectivity index (χ3v) is 5.59. The largest absolute Gasteiger partial charge is 0.226 e. The summed E-state index contributed by atoms with van der Waals surface area (Å²) in [7, 11) is 0. The molecule has 0 saturated heterocycles. The van der Waals surface area contributed by atoms with E-state index in [-0.39, 0.29) is 0 Å². The highest BCUT2D eigenvalue weighted by atomic mass is 79.9. The summed E-state index contributed by atoms with van der Waals surface area (Å²) < 4.78 is 1.73. The van der Waals surface area contributed by atoms with Crippen LogP contribution in [0.4, 0.5) is 0 Å². The van der Waals surface area contributed by atoms with Crippen LogP contribution >= 0.6 is 54.8 Å². The zero-order valence-corrected chi connectivity index (χ0v) is 14.7. The summed E-state index contributed by atoms with van der Waals surface area (Å²) >= 11 is 14.7. The molecular weight excluding hydrogens is 423 g/mol. The van der Waals surface area contributed by atoms with Crippen molar-refractivity contribution in [2.45, 2.75) is 0 Å². The Balaban J connectivity index is 2.18. The number of thiophene rings is 1. The Hall–Kier alpha value is -0.750. The molecule has 0 atom stereocenters. The van der Waals surface area contributed by atoms with Crippen LogP contribution in [0.25, 0.3) is 22.0 Å². The zero-order chi connectivity index (χ0) is 14.1. The van der Waals surface area contributed by atoms with Gasteiger partial charge in [-0.15, -0.1) is 11.3 Å². The maximum Gasteiger partial charge on any atom is 0.171 e. The predicted molar refractivity (Wildman–Crippen MR) is 91.2 cm³/mol. The number of hydrogen-bond acceptors (Lipinski definition) is 3. The van der Waals surface area contributed by atoms with E-state index >= 15 is 0 Å². The van der Waals surface area contributed by atoms with Gasteiger partial charge in [0.2, 0.25) is 0 Å². The van der Waals surface area contributed by atoms with E-state index in [1.165, 1.54) is 0 Å². The van der Waals surface area contributed by atoms with Gasteiger partial charge in [0.15, 0.2) is 5.82 Å². The van der Waals surface area contributed by atoms with Crippen LogP contribution in [0, 0.1) is 0 Å². The second kappa shape index (κ2) is 5.93. The van der Waals surface area contributed by atoms with E-state index in [0.29, 0.717) is 15.5 Å². The highest BCUT2D eigenvalue weighted by Gasteiger charge is 2.14. The highest BCUT2D eigenvalue weighted by molar-refractivity contribution is 9.11. The van der Waals surface area contributed by atoms with Crippen LogP contribution in [0.5, 0.6) is 0 Å². The van der Waals surface area contributed by atoms with Crippen molar-refractivity contribution in [2.24, 2.45) is 0 Å². The molecule has 0 bridgehead atoms. The summed E-state index contributed by atoms with van der Waals surface area (Å²) in [6, 6.07) is 11.9. The zero-order valence-electron chi connectivity index (χ0n) is 9.98. The Morgan fingerprint density at radius 3 is 2.45 bits per heavy atom. The van der Waals surface area contributed by atoms with Crippen LogP contribution in [0.2, 0.25) is 5.15 Å². The maximum atomic E-state index is 6.22. The third-order valence-electron chi connectivity index (χ3n) is 2.65. The van der Waals surface area contributed by atoms with Gasteiger partial charge in [0, 0.05) is 15.4 Å². The maximum absolute atomic E-state index is 6.22. The van der Waals surface area contributed by atoms with Gasteiger partial charge in [-0.25, -0.2) is 9.97 Å². The van der Waals surface area contributed by atoms with Crippen LogP contribution in [-0.4, -0.2) is 9.97 Å². The minimum absolute atomic E-state index is 0.415. The van der Waals surface area contributed by atoms with Crippen LogP contribution in [0.3, 0.4) is 0 Å². The van der Waals surface area contributed by atoms with Crippen LogP contribution in [0.1, 0.15) is 0 Å². The van der Waals surface area contributed by atoms with Gasteiger partial charge in [0.25, 0.3) is 0 Å². The minimum Gasteiger partial charge on any atom is -0.226 e. The fraction of sp³-hybridized carbons (Fsp3) is 0. The summed E-state index contributed by atoms with van der Waals surface area (Å²) in [5.74, 6) is 0.632. The van der Waals surface area contributed by atoms with Crippen molar-refractivity contribution in [3.8, 4) is 22.0 Å². The van der Waals surface area contributed by atoms with Gasteiger partial charge < -0.3 is 0 Å². The molecule has 0 aliphatic rings. The van der Waals surface area contributed by atoms with Gasteiger partial charge in [-0.05, 0) is 37.9 Å². The van der Waals surface area contributed by atoms with Crippen molar-refractivity contribution in [2.75, 3.05) is 0 Å². The van der Waals surface area contributed by atoms with Crippen LogP contribution < -0.4 is 0 Å². The number of benzene rings is 1. The van der Waals surface area contributed by atoms with Crippen molar-refractivity contribution in [3.63, 3.8) is 0 Å². The van der Waals surface area contributed by atoms with E-state index in [1.807, 2.05) is 41.8 Å². The van der Waals surface area contributed by atoms with Crippen molar-refractivity contribution in [3.05, 3.63) is 55.9 Å². The van der Waals surface area contributed by atoms with Gasteiger partial charge in [0.1, 0.15) is 5.15 Å². The lowest BCUT2D eigenvalue weighted by Crippen LogP contribution is -1.94. The molecule has 0 radical (unpaired) electrons. The predicted octanol–water partition coefficient (Wildman–Crippen LogP) is 6.05. The molecular formula is C14H7Br2ClN2S. The van der Waals surface area contributed by atoms with E-state index in [2.05, 4.69) is 41.8 Å². The van der Waals surface area contributed by atoms with Gasteiger partial charge in [-0.1, -0.05) is 41.9 Å². The van der Waals surface area contributed by atoms with Gasteiger partial charge in [-0.2, -0.15) is 0 Å². The smallest absolute Gasteiger partial charge is 0.171 e. The number of hydrogen-bond donors (Lipinski definition) is 0. The fourth-order valence-corrected chi connectivity index (χ4v) is 3.68. The topological polar surface area (TPSA) is 25.8 Å². The van der Waals surface area contributed by atoms with E-state index in [4.69, 9.17) is 11.6 Å². The molecule has 2 heterocycles. The summed E-state index contributed by atoms with van der Waals surface area (Å²) in [6.07, 6.45) is 0. The average molecular weight is 431 g/mol. The Morgan fingerprint density at radius 2 is 1.80 bits per heavy atom. The summed E-state index contributed by atoms with van der Waals surface area (Å²) in [5, 5.41) is 2.41. The molecule has 2 nitrogen and oxygen atoms in total. The lowest BCUT2D eigenvalue weighted by Gasteiger charge is -2.07. The van der Waals surface area contributed by atoms with Gasteiger partial charge in [-0.3, -0.25) is 0 Å². The van der Waals surface area contributed by atoms with Crippen molar-refractivity contribution in [1.29, 1.82) is 0 Å². The molecule has 1 aromatic carbocycles. The second-order valence-electron chi connectivity index (χ2n) is 4.00. The molecule has 0 saturated carbocycles. The Morgan fingerprint density at radius 1 is 1.05 bits per heavy atom. The molecule has 0 fully saturated rings. The molecule has 0 N–H and O–H groups in total. The third kappa shape index (κ3) is 2.81. The average Bonchev–Trinajstić information content (AvgIpc) is 2.89. The Kier molecular flexibility index (Phi) is 4.21. The lowest BCUT2D eigenvalue weighted by atomic mass is 10.1. The molecule has 0 spiro atoms. The first-order valence-corrected chi connectivity index (χ1v) is 8.52. The number of rotatable bonds is 2. The van der Waals surface area contributed by atoms with Crippen molar-refractivity contribution >= 4 is 54.8 Å². The number of halogens is 3. The fourth-order valence-electron chi connectivity index (χ4n) is 1.75. The Labute approximate surface area is 142 Å². The Bertz CT molecular complexity index is 759. The SMILES string of the molecule is Clc1nc(-c2cc(Br)cs2)nc(-c2ccccc2)c1Br. The first kappa shape index (κ1) is 14.2. The molecule has 20 heavy (non-hydrogen) atoms. The molecule has 2 aromatic heterocycles. The minimum atomic E-state index is 0.415. The second-order valence-corrected chi connectivity index (χ2v) is 6.97. The summed E-state index contributed by atoms with van der Waals surface area (Å²) in [6.45, 7) is 0. The van der Waals surface area contributed by atoms with Crippen LogP contribution in [0.15, 0.2) is 50.7 Å². The highest BCUT2D eigenvalue weighted by Crippen LogP contribution is 2.35. The molecule has 0 aliphatic carbocycles. The summed E-state index contributed by atoms with van der Waals surface area (Å²) in [4.78, 5) is 9.95. The number of nitrogens with zero attached hydrogens (tertiary/aromatic N) is 2. The molecule has 0 unspecified atom stereocenters. The first-order chi connectivity index (χ1) is 9.65. The lowest BCUT2D eigenvalue weighted by molar-refractivity contribution is 1.17.